The first-order valence-corrected chi connectivity index (χ1v) is 5.82. The van der Waals surface area contributed by atoms with Crippen LogP contribution in [-0.2, 0) is 6.18 Å². The molecule has 0 amide bonds. The Morgan fingerprint density at radius 3 is 2.40 bits per heavy atom. The molecule has 102 valence electrons. The minimum absolute atomic E-state index is 0.309. The smallest absolute Gasteiger partial charge is 0.279 e. The summed E-state index contributed by atoms with van der Waals surface area (Å²) in [7, 11) is 0. The number of aromatic nitrogens is 4. The third-order valence-electron chi connectivity index (χ3n) is 2.90. The number of nitrogens with zero attached hydrogens (tertiary/aromatic N) is 4. The number of hydrogen-bond donors (Lipinski definition) is 0. The van der Waals surface area contributed by atoms with Crippen LogP contribution in [0.2, 0.25) is 0 Å². The topological polar surface area (TPSA) is 43.6 Å². The Labute approximate surface area is 111 Å². The van der Waals surface area contributed by atoms with E-state index in [9.17, 15) is 13.2 Å². The van der Waals surface area contributed by atoms with E-state index in [1.165, 1.54) is 6.07 Å². The van der Waals surface area contributed by atoms with Crippen molar-refractivity contribution in [3.8, 4) is 5.82 Å². The summed E-state index contributed by atoms with van der Waals surface area (Å²) in [6.07, 6.45) is -4.49. The van der Waals surface area contributed by atoms with E-state index in [1.54, 1.807) is 11.5 Å². The molecule has 3 aromatic rings. The number of aryl methyl sites for hydroxylation is 1. The van der Waals surface area contributed by atoms with Crippen LogP contribution in [0, 0.1) is 6.92 Å². The van der Waals surface area contributed by atoms with Gasteiger partial charge in [-0.1, -0.05) is 12.1 Å². The Kier molecular flexibility index (Phi) is 2.70. The quantitative estimate of drug-likeness (QED) is 0.686. The maximum Gasteiger partial charge on any atom is 0.435 e. The van der Waals surface area contributed by atoms with Crippen LogP contribution in [0.15, 0.2) is 36.4 Å². The molecular formula is C13H9F3N4. The van der Waals surface area contributed by atoms with Gasteiger partial charge in [-0.3, -0.25) is 4.57 Å². The highest BCUT2D eigenvalue weighted by Gasteiger charge is 2.33. The van der Waals surface area contributed by atoms with Crippen LogP contribution in [0.25, 0.3) is 16.9 Å². The second-order valence-electron chi connectivity index (χ2n) is 4.26. The summed E-state index contributed by atoms with van der Waals surface area (Å²) in [6.45, 7) is 1.76. The zero-order valence-corrected chi connectivity index (χ0v) is 10.4. The summed E-state index contributed by atoms with van der Waals surface area (Å²) < 4.78 is 39.1. The van der Waals surface area contributed by atoms with E-state index in [4.69, 9.17) is 0 Å². The standard InChI is InChI=1S/C13H9F3N4/c1-8-17-9-4-2-3-5-10(9)20(8)12-7-6-11(18-19-12)13(14,15)16/h2-7H,1H3. The van der Waals surface area contributed by atoms with Crippen LogP contribution in [0.4, 0.5) is 13.2 Å². The molecule has 4 nitrogen and oxygen atoms in total. The van der Waals surface area contributed by atoms with Gasteiger partial charge in [0.25, 0.3) is 0 Å². The molecule has 0 atom stereocenters. The van der Waals surface area contributed by atoms with Crippen molar-refractivity contribution < 1.29 is 13.2 Å². The van der Waals surface area contributed by atoms with Crippen molar-refractivity contribution >= 4 is 11.0 Å². The van der Waals surface area contributed by atoms with Gasteiger partial charge in [0.1, 0.15) is 5.82 Å². The van der Waals surface area contributed by atoms with Crippen molar-refractivity contribution in [2.45, 2.75) is 13.1 Å². The number of alkyl halides is 3. The highest BCUT2D eigenvalue weighted by atomic mass is 19.4. The van der Waals surface area contributed by atoms with E-state index < -0.39 is 11.9 Å². The maximum atomic E-state index is 12.5. The van der Waals surface area contributed by atoms with Gasteiger partial charge in [0, 0.05) is 0 Å². The van der Waals surface area contributed by atoms with Crippen LogP contribution < -0.4 is 0 Å². The zero-order chi connectivity index (χ0) is 14.3. The Morgan fingerprint density at radius 1 is 1.00 bits per heavy atom. The second-order valence-corrected chi connectivity index (χ2v) is 4.26. The summed E-state index contributed by atoms with van der Waals surface area (Å²) in [5, 5.41) is 6.88. The summed E-state index contributed by atoms with van der Waals surface area (Å²) in [6, 6.07) is 9.54. The largest absolute Gasteiger partial charge is 0.435 e. The van der Waals surface area contributed by atoms with Gasteiger partial charge in [0.2, 0.25) is 0 Å². The molecule has 0 spiro atoms. The number of halogens is 3. The number of fused-ring (bicyclic) bond motifs is 1. The molecule has 0 aliphatic carbocycles. The van der Waals surface area contributed by atoms with Crippen LogP contribution in [0.5, 0.6) is 0 Å². The average Bonchev–Trinajstić information content (AvgIpc) is 2.73. The lowest BCUT2D eigenvalue weighted by Gasteiger charge is -2.07. The Hall–Kier alpha value is -2.44. The Morgan fingerprint density at radius 2 is 1.75 bits per heavy atom. The lowest BCUT2D eigenvalue weighted by atomic mass is 10.3. The molecule has 0 aliphatic heterocycles. The summed E-state index contributed by atoms with van der Waals surface area (Å²) in [5.74, 6) is 0.949. The van der Waals surface area contributed by atoms with Crippen LogP contribution in [0.3, 0.4) is 0 Å². The SMILES string of the molecule is Cc1nc2ccccc2n1-c1ccc(C(F)(F)F)nn1. The molecule has 0 saturated carbocycles. The minimum atomic E-state index is -4.49. The molecule has 2 aromatic heterocycles. The number of imidazole rings is 1. The van der Waals surface area contributed by atoms with Gasteiger partial charge >= 0.3 is 6.18 Å². The van der Waals surface area contributed by atoms with E-state index in [0.717, 1.165) is 17.1 Å². The average molecular weight is 278 g/mol. The van der Waals surface area contributed by atoms with Crippen molar-refractivity contribution in [2.24, 2.45) is 0 Å². The first-order chi connectivity index (χ1) is 9.47. The van der Waals surface area contributed by atoms with Crippen molar-refractivity contribution in [1.82, 2.24) is 19.7 Å². The van der Waals surface area contributed by atoms with E-state index in [1.807, 2.05) is 24.3 Å². The third-order valence-corrected chi connectivity index (χ3v) is 2.90. The van der Waals surface area contributed by atoms with Gasteiger partial charge in [-0.25, -0.2) is 4.98 Å². The highest BCUT2D eigenvalue weighted by molar-refractivity contribution is 5.77. The molecule has 0 radical (unpaired) electrons. The summed E-state index contributed by atoms with van der Waals surface area (Å²) >= 11 is 0. The van der Waals surface area contributed by atoms with E-state index in [-0.39, 0.29) is 0 Å². The molecule has 0 aliphatic rings. The lowest BCUT2D eigenvalue weighted by molar-refractivity contribution is -0.141. The molecule has 20 heavy (non-hydrogen) atoms. The van der Waals surface area contributed by atoms with Crippen molar-refractivity contribution in [3.05, 3.63) is 47.9 Å². The van der Waals surface area contributed by atoms with E-state index >= 15 is 0 Å². The fourth-order valence-corrected chi connectivity index (χ4v) is 2.03. The van der Waals surface area contributed by atoms with Crippen LogP contribution in [0.1, 0.15) is 11.5 Å². The number of para-hydroxylation sites is 2. The molecule has 7 heteroatoms. The van der Waals surface area contributed by atoms with Gasteiger partial charge in [0.05, 0.1) is 11.0 Å². The maximum absolute atomic E-state index is 12.5. The summed E-state index contributed by atoms with van der Waals surface area (Å²) in [5.41, 5.74) is 0.522. The molecule has 0 bridgehead atoms. The molecule has 0 N–H and O–H groups in total. The molecule has 0 unspecified atom stereocenters. The van der Waals surface area contributed by atoms with Crippen LogP contribution >= 0.6 is 0 Å². The normalized spacial score (nSPS) is 12.0. The van der Waals surface area contributed by atoms with Crippen molar-refractivity contribution in [3.63, 3.8) is 0 Å². The van der Waals surface area contributed by atoms with Gasteiger partial charge in [-0.2, -0.15) is 13.2 Å². The number of hydrogen-bond acceptors (Lipinski definition) is 3. The summed E-state index contributed by atoms with van der Waals surface area (Å²) in [4.78, 5) is 4.33. The number of benzene rings is 1. The monoisotopic (exact) mass is 278 g/mol. The first-order valence-electron chi connectivity index (χ1n) is 5.82. The third kappa shape index (κ3) is 2.01. The van der Waals surface area contributed by atoms with Crippen molar-refractivity contribution in [1.29, 1.82) is 0 Å². The predicted octanol–water partition coefficient (Wildman–Crippen LogP) is 3.14. The molecule has 1 aromatic carbocycles. The minimum Gasteiger partial charge on any atom is -0.279 e. The molecule has 0 fully saturated rings. The number of rotatable bonds is 1. The molecule has 2 heterocycles. The zero-order valence-electron chi connectivity index (χ0n) is 10.4. The first kappa shape index (κ1) is 12.6. The second kappa shape index (κ2) is 4.29. The fraction of sp³-hybridized carbons (Fsp3) is 0.154. The molecule has 3 rings (SSSR count). The molecular weight excluding hydrogens is 269 g/mol. The Balaban J connectivity index is 2.14. The highest BCUT2D eigenvalue weighted by Crippen LogP contribution is 2.27. The van der Waals surface area contributed by atoms with Gasteiger partial charge < -0.3 is 0 Å². The lowest BCUT2D eigenvalue weighted by Crippen LogP contribution is -2.10. The predicted molar refractivity (Wildman–Crippen MR) is 66.4 cm³/mol. The van der Waals surface area contributed by atoms with E-state index in [0.29, 0.717) is 11.6 Å². The van der Waals surface area contributed by atoms with Crippen LogP contribution in [-0.4, -0.2) is 19.7 Å². The Bertz CT molecular complexity index is 759. The van der Waals surface area contributed by atoms with Crippen molar-refractivity contribution in [2.75, 3.05) is 0 Å². The fourth-order valence-electron chi connectivity index (χ4n) is 2.03. The molecule has 0 saturated heterocycles. The van der Waals surface area contributed by atoms with Gasteiger partial charge in [0.15, 0.2) is 11.5 Å². The van der Waals surface area contributed by atoms with Gasteiger partial charge in [-0.05, 0) is 31.2 Å². The van der Waals surface area contributed by atoms with E-state index in [2.05, 4.69) is 15.2 Å². The van der Waals surface area contributed by atoms with Gasteiger partial charge in [-0.15, -0.1) is 10.2 Å².